The van der Waals surface area contributed by atoms with Crippen molar-refractivity contribution in [2.24, 2.45) is 11.3 Å². The van der Waals surface area contributed by atoms with Crippen molar-refractivity contribution in [1.29, 1.82) is 0 Å². The summed E-state index contributed by atoms with van der Waals surface area (Å²) in [5.74, 6) is 1.45. The molecule has 0 aromatic heterocycles. The highest BCUT2D eigenvalue weighted by atomic mass is 14.9. The van der Waals surface area contributed by atoms with Gasteiger partial charge in [-0.2, -0.15) is 0 Å². The minimum atomic E-state index is 0.442. The minimum Gasteiger partial charge on any atom is -0.307 e. The monoisotopic (exact) mass is 287 g/mol. The van der Waals surface area contributed by atoms with Crippen LogP contribution in [-0.4, -0.2) is 6.04 Å². The SMILES string of the molecule is CC1CC(NC(C)c2ccc(C(C)C)cc2)CC(C)(C)C1. The first-order valence-electron chi connectivity index (χ1n) is 8.63. The van der Waals surface area contributed by atoms with Crippen molar-refractivity contribution in [2.45, 2.75) is 78.8 Å². The first-order valence-corrected chi connectivity index (χ1v) is 8.63. The maximum Gasteiger partial charge on any atom is 0.0294 e. The molecule has 118 valence electrons. The van der Waals surface area contributed by atoms with E-state index in [4.69, 9.17) is 0 Å². The molecule has 0 radical (unpaired) electrons. The van der Waals surface area contributed by atoms with Crippen LogP contribution >= 0.6 is 0 Å². The molecule has 0 aliphatic heterocycles. The van der Waals surface area contributed by atoms with Crippen molar-refractivity contribution in [2.75, 3.05) is 0 Å². The van der Waals surface area contributed by atoms with Crippen LogP contribution in [0.2, 0.25) is 0 Å². The Hall–Kier alpha value is -0.820. The van der Waals surface area contributed by atoms with E-state index in [1.807, 2.05) is 0 Å². The number of nitrogens with one attached hydrogen (secondary N) is 1. The van der Waals surface area contributed by atoms with Gasteiger partial charge in [-0.1, -0.05) is 58.9 Å². The van der Waals surface area contributed by atoms with E-state index >= 15 is 0 Å². The first-order chi connectivity index (χ1) is 9.77. The van der Waals surface area contributed by atoms with Gasteiger partial charge in [0.05, 0.1) is 0 Å². The normalized spacial score (nSPS) is 26.8. The molecule has 0 heterocycles. The molecule has 1 aromatic carbocycles. The van der Waals surface area contributed by atoms with Gasteiger partial charge < -0.3 is 5.32 Å². The van der Waals surface area contributed by atoms with Gasteiger partial charge in [-0.3, -0.25) is 0 Å². The molecule has 0 saturated heterocycles. The highest BCUT2D eigenvalue weighted by Crippen LogP contribution is 2.39. The van der Waals surface area contributed by atoms with Gasteiger partial charge in [0, 0.05) is 12.1 Å². The molecule has 21 heavy (non-hydrogen) atoms. The number of benzene rings is 1. The van der Waals surface area contributed by atoms with Crippen molar-refractivity contribution in [1.82, 2.24) is 5.32 Å². The summed E-state index contributed by atoms with van der Waals surface area (Å²) in [5, 5.41) is 3.87. The van der Waals surface area contributed by atoms with E-state index in [9.17, 15) is 0 Å². The minimum absolute atomic E-state index is 0.442. The Kier molecular flexibility index (Phi) is 5.14. The van der Waals surface area contributed by atoms with Gasteiger partial charge in [-0.15, -0.1) is 0 Å². The molecule has 0 bridgehead atoms. The summed E-state index contributed by atoms with van der Waals surface area (Å²) in [4.78, 5) is 0. The molecule has 1 heteroatoms. The first kappa shape index (κ1) is 16.5. The van der Waals surface area contributed by atoms with Crippen LogP contribution in [0.1, 0.15) is 83.9 Å². The molecule has 1 aliphatic carbocycles. The van der Waals surface area contributed by atoms with Gasteiger partial charge in [0.15, 0.2) is 0 Å². The van der Waals surface area contributed by atoms with Crippen molar-refractivity contribution in [3.63, 3.8) is 0 Å². The predicted octanol–water partition coefficient (Wildman–Crippen LogP) is 5.68. The quantitative estimate of drug-likeness (QED) is 0.751. The van der Waals surface area contributed by atoms with Crippen molar-refractivity contribution >= 4 is 0 Å². The van der Waals surface area contributed by atoms with Crippen LogP contribution in [0.3, 0.4) is 0 Å². The summed E-state index contributed by atoms with van der Waals surface area (Å²) in [6, 6.07) is 10.3. The van der Waals surface area contributed by atoms with Gasteiger partial charge in [-0.05, 0) is 54.6 Å². The fourth-order valence-electron chi connectivity index (χ4n) is 4.09. The van der Waals surface area contributed by atoms with Crippen LogP contribution in [0, 0.1) is 11.3 Å². The zero-order chi connectivity index (χ0) is 15.6. The molecule has 0 spiro atoms. The lowest BCUT2D eigenvalue weighted by molar-refractivity contribution is 0.145. The molecule has 1 fully saturated rings. The zero-order valence-electron chi connectivity index (χ0n) is 14.7. The fourth-order valence-corrected chi connectivity index (χ4v) is 4.09. The number of hydrogen-bond acceptors (Lipinski definition) is 1. The van der Waals surface area contributed by atoms with Crippen LogP contribution in [0.25, 0.3) is 0 Å². The van der Waals surface area contributed by atoms with Crippen LogP contribution in [0.4, 0.5) is 0 Å². The van der Waals surface area contributed by atoms with E-state index in [1.165, 1.54) is 30.4 Å². The van der Waals surface area contributed by atoms with E-state index in [0.717, 1.165) is 5.92 Å². The van der Waals surface area contributed by atoms with Gasteiger partial charge in [0.2, 0.25) is 0 Å². The largest absolute Gasteiger partial charge is 0.307 e. The van der Waals surface area contributed by atoms with Crippen molar-refractivity contribution in [3.8, 4) is 0 Å². The second-order valence-corrected chi connectivity index (χ2v) is 8.32. The van der Waals surface area contributed by atoms with Crippen LogP contribution in [-0.2, 0) is 0 Å². The van der Waals surface area contributed by atoms with Crippen LogP contribution in [0.5, 0.6) is 0 Å². The Bertz CT molecular complexity index is 443. The van der Waals surface area contributed by atoms with Crippen LogP contribution < -0.4 is 5.32 Å². The zero-order valence-corrected chi connectivity index (χ0v) is 14.7. The summed E-state index contributed by atoms with van der Waals surface area (Å²) in [6.45, 7) is 14.0. The second kappa shape index (κ2) is 6.52. The Morgan fingerprint density at radius 3 is 2.10 bits per heavy atom. The Morgan fingerprint density at radius 2 is 1.57 bits per heavy atom. The number of rotatable bonds is 4. The summed E-state index contributed by atoms with van der Waals surface area (Å²) >= 11 is 0. The maximum absolute atomic E-state index is 3.87. The van der Waals surface area contributed by atoms with Crippen molar-refractivity contribution < 1.29 is 0 Å². The highest BCUT2D eigenvalue weighted by Gasteiger charge is 2.32. The molecular formula is C20H33N. The lowest BCUT2D eigenvalue weighted by Crippen LogP contribution is -2.41. The van der Waals surface area contributed by atoms with Crippen molar-refractivity contribution in [3.05, 3.63) is 35.4 Å². The predicted molar refractivity (Wildman–Crippen MR) is 92.7 cm³/mol. The van der Waals surface area contributed by atoms with Gasteiger partial charge in [0.1, 0.15) is 0 Å². The molecule has 1 saturated carbocycles. The van der Waals surface area contributed by atoms with Gasteiger partial charge in [0.25, 0.3) is 0 Å². The van der Waals surface area contributed by atoms with E-state index in [1.54, 1.807) is 0 Å². The fraction of sp³-hybridized carbons (Fsp3) is 0.700. The van der Waals surface area contributed by atoms with Gasteiger partial charge in [-0.25, -0.2) is 0 Å². The highest BCUT2D eigenvalue weighted by molar-refractivity contribution is 5.26. The summed E-state index contributed by atoms with van der Waals surface area (Å²) in [7, 11) is 0. The molecule has 1 aromatic rings. The molecule has 2 rings (SSSR count). The molecule has 1 N–H and O–H groups in total. The molecule has 3 atom stereocenters. The lowest BCUT2D eigenvalue weighted by Gasteiger charge is -2.40. The summed E-state index contributed by atoms with van der Waals surface area (Å²) < 4.78 is 0. The van der Waals surface area contributed by atoms with E-state index in [-0.39, 0.29) is 0 Å². The van der Waals surface area contributed by atoms with E-state index in [2.05, 4.69) is 71.1 Å². The summed E-state index contributed by atoms with van der Waals surface area (Å²) in [6.07, 6.45) is 3.98. The molecule has 0 amide bonds. The Balaban J connectivity index is 1.99. The molecule has 3 unspecified atom stereocenters. The molecule has 1 aliphatic rings. The third-order valence-electron chi connectivity index (χ3n) is 4.98. The molecule has 1 nitrogen and oxygen atoms in total. The smallest absolute Gasteiger partial charge is 0.0294 e. The third kappa shape index (κ3) is 4.57. The molecular weight excluding hydrogens is 254 g/mol. The average molecular weight is 287 g/mol. The Labute approximate surface area is 131 Å². The van der Waals surface area contributed by atoms with E-state index in [0.29, 0.717) is 23.4 Å². The second-order valence-electron chi connectivity index (χ2n) is 8.32. The van der Waals surface area contributed by atoms with E-state index < -0.39 is 0 Å². The standard InChI is InChI=1S/C20H33N/c1-14(2)17-7-9-18(10-8-17)16(4)21-19-11-15(3)12-20(5,6)13-19/h7-10,14-16,19,21H,11-13H2,1-6H3. The number of hydrogen-bond donors (Lipinski definition) is 1. The Morgan fingerprint density at radius 1 is 1.00 bits per heavy atom. The lowest BCUT2D eigenvalue weighted by atomic mass is 9.70. The van der Waals surface area contributed by atoms with Gasteiger partial charge >= 0.3 is 0 Å². The van der Waals surface area contributed by atoms with Crippen LogP contribution in [0.15, 0.2) is 24.3 Å². The topological polar surface area (TPSA) is 12.0 Å². The maximum atomic E-state index is 3.87. The third-order valence-corrected chi connectivity index (χ3v) is 4.98. The summed E-state index contributed by atoms with van der Waals surface area (Å²) in [5.41, 5.74) is 3.32. The average Bonchev–Trinajstić information content (AvgIpc) is 2.36.